The van der Waals surface area contributed by atoms with Gasteiger partial charge in [-0.25, -0.2) is 4.57 Å². The molecule has 8 nitrogen and oxygen atoms in total. The van der Waals surface area contributed by atoms with Crippen LogP contribution < -0.4 is 0 Å². The molecule has 0 amide bonds. The summed E-state index contributed by atoms with van der Waals surface area (Å²) in [6.45, 7) is 5.73. The lowest BCUT2D eigenvalue weighted by Crippen LogP contribution is -2.37. The monoisotopic (exact) mass is 1030 g/mol. The molecular weight excluding hydrogens is 902 g/mol. The molecular formula is C62H127NO7P+. The number of carbonyl (C=O) groups is 1. The van der Waals surface area contributed by atoms with Crippen LogP contribution in [0.2, 0.25) is 0 Å². The number of hydrogen-bond donors (Lipinski definition) is 1. The van der Waals surface area contributed by atoms with E-state index < -0.39 is 13.9 Å². The Morgan fingerprint density at radius 2 is 0.648 bits per heavy atom. The van der Waals surface area contributed by atoms with E-state index in [0.717, 1.165) is 32.1 Å². The van der Waals surface area contributed by atoms with Crippen LogP contribution in [0.5, 0.6) is 0 Å². The molecule has 0 aromatic rings. The van der Waals surface area contributed by atoms with E-state index in [-0.39, 0.29) is 25.8 Å². The molecule has 0 aliphatic carbocycles. The summed E-state index contributed by atoms with van der Waals surface area (Å²) >= 11 is 0. The minimum Gasteiger partial charge on any atom is -0.457 e. The Morgan fingerprint density at radius 3 is 0.930 bits per heavy atom. The maximum atomic E-state index is 12.8. The number of rotatable bonds is 61. The van der Waals surface area contributed by atoms with Gasteiger partial charge in [-0.2, -0.15) is 0 Å². The van der Waals surface area contributed by atoms with Gasteiger partial charge in [-0.1, -0.05) is 316 Å². The summed E-state index contributed by atoms with van der Waals surface area (Å²) in [7, 11) is 1.70. The van der Waals surface area contributed by atoms with Crippen molar-refractivity contribution in [3.8, 4) is 0 Å². The molecule has 9 heteroatoms. The molecule has 71 heavy (non-hydrogen) atoms. The molecule has 2 unspecified atom stereocenters. The van der Waals surface area contributed by atoms with Crippen LogP contribution in [0.25, 0.3) is 0 Å². The van der Waals surface area contributed by atoms with E-state index in [4.69, 9.17) is 18.5 Å². The van der Waals surface area contributed by atoms with Crippen LogP contribution in [0, 0.1) is 0 Å². The standard InChI is InChI=1S/C62H126NO7P/c1-6-8-10-12-14-16-18-20-22-24-26-28-30-32-34-36-38-40-42-44-46-48-50-52-54-57-67-59-61(60-69-71(65,66)68-58-56-63(3,4)5)70-62(64)55-53-51-49-47-45-43-41-39-37-35-33-31-29-27-25-23-21-19-17-15-13-11-9-7-2/h61H,6-60H2,1-5H3/p+1. The number of nitrogens with zero attached hydrogens (tertiary/aromatic N) is 1. The van der Waals surface area contributed by atoms with Gasteiger partial charge in [0.1, 0.15) is 19.3 Å². The molecule has 2 atom stereocenters. The average molecular weight is 1030 g/mol. The molecule has 0 aliphatic heterocycles. The van der Waals surface area contributed by atoms with Crippen molar-refractivity contribution in [3.05, 3.63) is 0 Å². The van der Waals surface area contributed by atoms with Crippen molar-refractivity contribution in [1.82, 2.24) is 0 Å². The Morgan fingerprint density at radius 1 is 0.380 bits per heavy atom. The van der Waals surface area contributed by atoms with Gasteiger partial charge in [0.2, 0.25) is 0 Å². The maximum Gasteiger partial charge on any atom is 0.472 e. The summed E-state index contributed by atoms with van der Waals surface area (Å²) < 4.78 is 35.4. The Hall–Kier alpha value is -0.500. The third-order valence-corrected chi connectivity index (χ3v) is 15.7. The van der Waals surface area contributed by atoms with Crippen molar-refractivity contribution in [1.29, 1.82) is 0 Å². The summed E-state index contributed by atoms with van der Waals surface area (Å²) in [6, 6.07) is 0. The molecule has 0 aromatic heterocycles. The van der Waals surface area contributed by atoms with Crippen molar-refractivity contribution in [3.63, 3.8) is 0 Å². The van der Waals surface area contributed by atoms with Crippen molar-refractivity contribution >= 4 is 13.8 Å². The smallest absolute Gasteiger partial charge is 0.457 e. The number of unbranched alkanes of at least 4 members (excludes halogenated alkanes) is 47. The fourth-order valence-corrected chi connectivity index (χ4v) is 10.5. The molecule has 0 saturated carbocycles. The number of ether oxygens (including phenoxy) is 2. The Kier molecular flexibility index (Phi) is 55.3. The molecule has 0 saturated heterocycles. The minimum atomic E-state index is -4.28. The van der Waals surface area contributed by atoms with Crippen LogP contribution in [0.1, 0.15) is 335 Å². The summed E-state index contributed by atoms with van der Waals surface area (Å²) in [6.07, 6.45) is 66.2. The maximum absolute atomic E-state index is 12.8. The van der Waals surface area contributed by atoms with Gasteiger partial charge < -0.3 is 18.9 Å². The molecule has 0 aliphatic rings. The summed E-state index contributed by atoms with van der Waals surface area (Å²) in [4.78, 5) is 23.1. The molecule has 0 heterocycles. The van der Waals surface area contributed by atoms with Gasteiger partial charge in [0.15, 0.2) is 0 Å². The van der Waals surface area contributed by atoms with Crippen molar-refractivity contribution in [2.24, 2.45) is 0 Å². The lowest BCUT2D eigenvalue weighted by atomic mass is 10.0. The predicted molar refractivity (Wildman–Crippen MR) is 308 cm³/mol. The van der Waals surface area contributed by atoms with E-state index in [1.807, 2.05) is 21.1 Å². The quantitative estimate of drug-likeness (QED) is 0.0281. The van der Waals surface area contributed by atoms with Gasteiger partial charge in [-0.15, -0.1) is 0 Å². The van der Waals surface area contributed by atoms with Crippen LogP contribution in [-0.4, -0.2) is 75.6 Å². The number of esters is 1. The number of phosphoric ester groups is 1. The third-order valence-electron chi connectivity index (χ3n) is 14.7. The molecule has 0 fully saturated rings. The normalized spacial score (nSPS) is 13.3. The zero-order chi connectivity index (χ0) is 51.9. The lowest BCUT2D eigenvalue weighted by Gasteiger charge is -2.24. The molecule has 0 radical (unpaired) electrons. The van der Waals surface area contributed by atoms with E-state index in [9.17, 15) is 14.3 Å². The first-order valence-electron chi connectivity index (χ1n) is 31.8. The predicted octanol–water partition coefficient (Wildman–Crippen LogP) is 20.3. The molecule has 1 N–H and O–H groups in total. The number of carbonyl (C=O) groups excluding carboxylic acids is 1. The summed E-state index contributed by atoms with van der Waals surface area (Å²) in [5.74, 6) is -0.301. The number of likely N-dealkylation sites (N-methyl/N-ethyl adjacent to an activating group) is 1. The highest BCUT2D eigenvalue weighted by molar-refractivity contribution is 7.47. The second kappa shape index (κ2) is 55.7. The van der Waals surface area contributed by atoms with E-state index >= 15 is 0 Å². The third kappa shape index (κ3) is 60.2. The van der Waals surface area contributed by atoms with Gasteiger partial charge >= 0.3 is 13.8 Å². The van der Waals surface area contributed by atoms with Crippen LogP contribution in [0.15, 0.2) is 0 Å². The zero-order valence-electron chi connectivity index (χ0n) is 48.8. The number of hydrogen-bond acceptors (Lipinski definition) is 6. The summed E-state index contributed by atoms with van der Waals surface area (Å²) in [5.41, 5.74) is 0. The van der Waals surface area contributed by atoms with Gasteiger partial charge in [0, 0.05) is 13.0 Å². The average Bonchev–Trinajstić information content (AvgIpc) is 3.33. The van der Waals surface area contributed by atoms with Gasteiger partial charge in [-0.3, -0.25) is 13.8 Å². The van der Waals surface area contributed by atoms with Crippen LogP contribution in [0.4, 0.5) is 0 Å². The number of quaternary nitrogens is 1. The fraction of sp³-hybridized carbons (Fsp3) is 0.984. The molecule has 0 bridgehead atoms. The second-order valence-corrected chi connectivity index (χ2v) is 24.6. The van der Waals surface area contributed by atoms with E-state index in [1.54, 1.807) is 0 Å². The first-order valence-corrected chi connectivity index (χ1v) is 33.3. The second-order valence-electron chi connectivity index (χ2n) is 23.2. The molecule has 0 rings (SSSR count). The van der Waals surface area contributed by atoms with Crippen molar-refractivity contribution in [2.45, 2.75) is 341 Å². The van der Waals surface area contributed by atoms with Crippen LogP contribution in [-0.2, 0) is 27.9 Å². The first kappa shape index (κ1) is 70.5. The highest BCUT2D eigenvalue weighted by Gasteiger charge is 2.26. The first-order chi connectivity index (χ1) is 34.6. The van der Waals surface area contributed by atoms with Gasteiger partial charge in [0.05, 0.1) is 34.4 Å². The Bertz CT molecular complexity index is 1100. The lowest BCUT2D eigenvalue weighted by molar-refractivity contribution is -0.870. The van der Waals surface area contributed by atoms with E-state index in [0.29, 0.717) is 24.1 Å². The van der Waals surface area contributed by atoms with E-state index in [2.05, 4.69) is 13.8 Å². The largest absolute Gasteiger partial charge is 0.472 e. The molecule has 426 valence electrons. The SMILES string of the molecule is CCCCCCCCCCCCCCCCCCCCCCCCCCCOCC(COP(=O)(O)OCC[N+](C)(C)C)OC(=O)CCCCCCCCCCCCCCCCCCCCCCCCCC. The molecule has 0 aromatic carbocycles. The topological polar surface area (TPSA) is 91.3 Å². The highest BCUT2D eigenvalue weighted by Crippen LogP contribution is 2.43. The van der Waals surface area contributed by atoms with Crippen LogP contribution >= 0.6 is 7.82 Å². The Labute approximate surface area is 444 Å². The van der Waals surface area contributed by atoms with Crippen molar-refractivity contribution in [2.75, 3.05) is 54.1 Å². The number of phosphoric acid groups is 1. The minimum absolute atomic E-state index is 0.0946. The Balaban J connectivity index is 3.95. The van der Waals surface area contributed by atoms with Crippen molar-refractivity contribution < 1.29 is 37.3 Å². The summed E-state index contributed by atoms with van der Waals surface area (Å²) in [5, 5.41) is 0. The fourth-order valence-electron chi connectivity index (χ4n) is 9.80. The zero-order valence-corrected chi connectivity index (χ0v) is 49.7. The van der Waals surface area contributed by atoms with Gasteiger partial charge in [-0.05, 0) is 12.8 Å². The van der Waals surface area contributed by atoms with E-state index in [1.165, 1.54) is 283 Å². The highest BCUT2D eigenvalue weighted by atomic mass is 31.2. The molecule has 0 spiro atoms. The van der Waals surface area contributed by atoms with Gasteiger partial charge in [0.25, 0.3) is 0 Å². The van der Waals surface area contributed by atoms with Crippen LogP contribution in [0.3, 0.4) is 0 Å².